The highest BCUT2D eigenvalue weighted by atomic mass is 16.4. The first-order valence-corrected chi connectivity index (χ1v) is 6.36. The van der Waals surface area contributed by atoms with Crippen molar-refractivity contribution in [1.29, 1.82) is 0 Å². The number of hydrogen-bond donors (Lipinski definition) is 1. The van der Waals surface area contributed by atoms with Gasteiger partial charge in [-0.05, 0) is 32.8 Å². The van der Waals surface area contributed by atoms with Crippen molar-refractivity contribution in [2.75, 3.05) is 0 Å². The second-order valence-corrected chi connectivity index (χ2v) is 4.79. The van der Waals surface area contributed by atoms with Crippen LogP contribution >= 0.6 is 0 Å². The van der Waals surface area contributed by atoms with E-state index in [-0.39, 0.29) is 17.2 Å². The summed E-state index contributed by atoms with van der Waals surface area (Å²) in [6.07, 6.45) is 2.98. The van der Waals surface area contributed by atoms with Gasteiger partial charge in [0, 0.05) is 17.8 Å². The molecule has 1 N–H and O–H groups in total. The molecule has 4 heteroatoms. The van der Waals surface area contributed by atoms with Gasteiger partial charge in [-0.1, -0.05) is 19.8 Å². The maximum Gasteiger partial charge on any atom is 0.337 e. The van der Waals surface area contributed by atoms with E-state index in [1.807, 2.05) is 6.92 Å². The number of carboxylic acids is 1. The predicted molar refractivity (Wildman–Crippen MR) is 71.4 cm³/mol. The zero-order valence-electron chi connectivity index (χ0n) is 11.5. The summed E-state index contributed by atoms with van der Waals surface area (Å²) in [7, 11) is 0. The van der Waals surface area contributed by atoms with Crippen LogP contribution in [0.25, 0.3) is 0 Å². The van der Waals surface area contributed by atoms with Crippen molar-refractivity contribution >= 4 is 5.97 Å². The van der Waals surface area contributed by atoms with Crippen LogP contribution in [0.3, 0.4) is 0 Å². The summed E-state index contributed by atoms with van der Waals surface area (Å²) >= 11 is 0. The first-order chi connectivity index (χ1) is 8.40. The standard InChI is InChI=1S/C14H21NO3/c1-5-6-7-10(3)15-11(4)13(14(17)18)9(2)8-12(15)16/h8,10H,5-7H2,1-4H3,(H,17,18). The Morgan fingerprint density at radius 1 is 1.44 bits per heavy atom. The van der Waals surface area contributed by atoms with Crippen LogP contribution in [0.4, 0.5) is 0 Å². The summed E-state index contributed by atoms with van der Waals surface area (Å²) in [5, 5.41) is 9.20. The summed E-state index contributed by atoms with van der Waals surface area (Å²) in [5.74, 6) is -0.971. The van der Waals surface area contributed by atoms with E-state index in [0.717, 1.165) is 19.3 Å². The molecule has 0 aliphatic carbocycles. The molecule has 1 heterocycles. The van der Waals surface area contributed by atoms with E-state index in [2.05, 4.69) is 6.92 Å². The lowest BCUT2D eigenvalue weighted by atomic mass is 10.1. The summed E-state index contributed by atoms with van der Waals surface area (Å²) in [5.41, 5.74) is 1.22. The Morgan fingerprint density at radius 3 is 2.56 bits per heavy atom. The monoisotopic (exact) mass is 251 g/mol. The smallest absolute Gasteiger partial charge is 0.337 e. The maximum absolute atomic E-state index is 12.0. The van der Waals surface area contributed by atoms with Crippen LogP contribution < -0.4 is 5.56 Å². The van der Waals surface area contributed by atoms with Crippen LogP contribution in [0.2, 0.25) is 0 Å². The van der Waals surface area contributed by atoms with Crippen LogP contribution in [-0.4, -0.2) is 15.6 Å². The fraction of sp³-hybridized carbons (Fsp3) is 0.571. The predicted octanol–water partition coefficient (Wildman–Crippen LogP) is 2.91. The van der Waals surface area contributed by atoms with Crippen molar-refractivity contribution in [3.63, 3.8) is 0 Å². The molecule has 0 aliphatic heterocycles. The lowest BCUT2D eigenvalue weighted by Crippen LogP contribution is -2.28. The minimum Gasteiger partial charge on any atom is -0.478 e. The Balaban J connectivity index is 3.31. The van der Waals surface area contributed by atoms with Crippen molar-refractivity contribution in [3.8, 4) is 0 Å². The fourth-order valence-electron chi connectivity index (χ4n) is 2.40. The van der Waals surface area contributed by atoms with Gasteiger partial charge in [-0.25, -0.2) is 4.79 Å². The van der Waals surface area contributed by atoms with E-state index in [4.69, 9.17) is 0 Å². The van der Waals surface area contributed by atoms with Crippen LogP contribution in [0, 0.1) is 13.8 Å². The molecule has 1 rings (SSSR count). The van der Waals surface area contributed by atoms with E-state index >= 15 is 0 Å². The average molecular weight is 251 g/mol. The lowest BCUT2D eigenvalue weighted by molar-refractivity contribution is 0.0694. The van der Waals surface area contributed by atoms with Crippen molar-refractivity contribution in [2.45, 2.75) is 53.0 Å². The number of hydrogen-bond acceptors (Lipinski definition) is 2. The Kier molecular flexibility index (Phi) is 4.70. The molecule has 1 atom stereocenters. The van der Waals surface area contributed by atoms with Gasteiger partial charge in [-0.3, -0.25) is 4.79 Å². The van der Waals surface area contributed by atoms with Gasteiger partial charge in [0.15, 0.2) is 0 Å². The summed E-state index contributed by atoms with van der Waals surface area (Å²) in [4.78, 5) is 23.2. The topological polar surface area (TPSA) is 59.3 Å². The highest BCUT2D eigenvalue weighted by Gasteiger charge is 2.18. The second-order valence-electron chi connectivity index (χ2n) is 4.79. The molecule has 0 fully saturated rings. The normalized spacial score (nSPS) is 12.4. The maximum atomic E-state index is 12.0. The number of carbonyl (C=O) groups is 1. The molecule has 0 spiro atoms. The molecule has 100 valence electrons. The van der Waals surface area contributed by atoms with E-state index in [1.165, 1.54) is 6.07 Å². The van der Waals surface area contributed by atoms with E-state index in [1.54, 1.807) is 18.4 Å². The van der Waals surface area contributed by atoms with Gasteiger partial charge in [0.1, 0.15) is 0 Å². The Bertz CT molecular complexity index is 502. The van der Waals surface area contributed by atoms with Crippen LogP contribution in [0.5, 0.6) is 0 Å². The molecule has 0 saturated heterocycles. The molecule has 1 aromatic heterocycles. The Morgan fingerprint density at radius 2 is 2.06 bits per heavy atom. The molecule has 1 unspecified atom stereocenters. The average Bonchev–Trinajstić information content (AvgIpc) is 2.24. The van der Waals surface area contributed by atoms with Crippen molar-refractivity contribution in [1.82, 2.24) is 4.57 Å². The SMILES string of the molecule is CCCCC(C)n1c(C)c(C(=O)O)c(C)cc1=O. The molecule has 0 saturated carbocycles. The van der Waals surface area contributed by atoms with E-state index in [0.29, 0.717) is 11.3 Å². The van der Waals surface area contributed by atoms with Crippen molar-refractivity contribution < 1.29 is 9.90 Å². The third-order valence-corrected chi connectivity index (χ3v) is 3.33. The highest BCUT2D eigenvalue weighted by molar-refractivity contribution is 5.90. The fourth-order valence-corrected chi connectivity index (χ4v) is 2.40. The minimum atomic E-state index is -0.971. The van der Waals surface area contributed by atoms with E-state index in [9.17, 15) is 14.7 Å². The van der Waals surface area contributed by atoms with Gasteiger partial charge < -0.3 is 9.67 Å². The number of carboxylic acid groups (broad SMARTS) is 1. The summed E-state index contributed by atoms with van der Waals surface area (Å²) < 4.78 is 1.60. The number of aromatic carboxylic acids is 1. The molecule has 18 heavy (non-hydrogen) atoms. The molecular formula is C14H21NO3. The van der Waals surface area contributed by atoms with Gasteiger partial charge in [-0.15, -0.1) is 0 Å². The molecule has 4 nitrogen and oxygen atoms in total. The van der Waals surface area contributed by atoms with Gasteiger partial charge in [-0.2, -0.15) is 0 Å². The van der Waals surface area contributed by atoms with Gasteiger partial charge in [0.05, 0.1) is 5.56 Å². The zero-order chi connectivity index (χ0) is 13.9. The van der Waals surface area contributed by atoms with E-state index < -0.39 is 5.97 Å². The molecule has 0 bridgehead atoms. The molecule has 0 aromatic carbocycles. The Hall–Kier alpha value is -1.58. The molecule has 0 aliphatic rings. The number of rotatable bonds is 5. The van der Waals surface area contributed by atoms with Gasteiger partial charge in [0.25, 0.3) is 5.56 Å². The number of nitrogens with zero attached hydrogens (tertiary/aromatic N) is 1. The Labute approximate surface area is 107 Å². The lowest BCUT2D eigenvalue weighted by Gasteiger charge is -2.20. The number of aryl methyl sites for hydroxylation is 1. The van der Waals surface area contributed by atoms with Crippen molar-refractivity contribution in [3.05, 3.63) is 33.2 Å². The first-order valence-electron chi connectivity index (χ1n) is 6.36. The third-order valence-electron chi connectivity index (χ3n) is 3.33. The van der Waals surface area contributed by atoms with Gasteiger partial charge in [0.2, 0.25) is 0 Å². The largest absolute Gasteiger partial charge is 0.478 e. The molecular weight excluding hydrogens is 230 g/mol. The second kappa shape index (κ2) is 5.85. The van der Waals surface area contributed by atoms with Crippen LogP contribution in [-0.2, 0) is 0 Å². The quantitative estimate of drug-likeness (QED) is 0.875. The van der Waals surface area contributed by atoms with Crippen LogP contribution in [0.1, 0.15) is 60.8 Å². The summed E-state index contributed by atoms with van der Waals surface area (Å²) in [6, 6.07) is 1.45. The zero-order valence-corrected chi connectivity index (χ0v) is 11.5. The van der Waals surface area contributed by atoms with Crippen molar-refractivity contribution in [2.24, 2.45) is 0 Å². The molecule has 0 radical (unpaired) electrons. The number of aromatic nitrogens is 1. The van der Waals surface area contributed by atoms with Crippen LogP contribution in [0.15, 0.2) is 10.9 Å². The first kappa shape index (κ1) is 14.5. The molecule has 1 aromatic rings. The number of unbranched alkanes of at least 4 members (excludes halogenated alkanes) is 1. The molecule has 0 amide bonds. The third kappa shape index (κ3) is 2.81. The highest BCUT2D eigenvalue weighted by Crippen LogP contribution is 2.18. The minimum absolute atomic E-state index is 0.0381. The number of pyridine rings is 1. The van der Waals surface area contributed by atoms with Gasteiger partial charge >= 0.3 is 5.97 Å². The summed E-state index contributed by atoms with van der Waals surface area (Å²) in [6.45, 7) is 7.43.